The average Bonchev–Trinajstić information content (AvgIpc) is 2.66. The summed E-state index contributed by atoms with van der Waals surface area (Å²) in [6.45, 7) is 5.92. The largest absolute Gasteiger partial charge is 0.494 e. The van der Waals surface area contributed by atoms with E-state index in [0.717, 1.165) is 12.2 Å². The van der Waals surface area contributed by atoms with Crippen LogP contribution in [0.5, 0.6) is 11.5 Å². The fourth-order valence-electron chi connectivity index (χ4n) is 2.71. The number of rotatable bonds is 9. The lowest BCUT2D eigenvalue weighted by molar-refractivity contribution is -0.134. The molecular weight excluding hydrogens is 356 g/mol. The van der Waals surface area contributed by atoms with E-state index in [-0.39, 0.29) is 18.3 Å². The van der Waals surface area contributed by atoms with Gasteiger partial charge in [-0.1, -0.05) is 13.3 Å². The Hall–Kier alpha value is -1.80. The Balaban J connectivity index is 1.77. The summed E-state index contributed by atoms with van der Waals surface area (Å²) in [4.78, 5) is 13.9. The summed E-state index contributed by atoms with van der Waals surface area (Å²) in [6.07, 6.45) is 1.51. The highest BCUT2D eigenvalue weighted by Gasteiger charge is 2.28. The van der Waals surface area contributed by atoms with Gasteiger partial charge in [0.15, 0.2) is 6.61 Å². The van der Waals surface area contributed by atoms with Gasteiger partial charge in [0.2, 0.25) is 10.0 Å². The van der Waals surface area contributed by atoms with Gasteiger partial charge in [0, 0.05) is 26.2 Å². The van der Waals surface area contributed by atoms with Gasteiger partial charge in [-0.3, -0.25) is 4.79 Å². The van der Waals surface area contributed by atoms with Gasteiger partial charge in [-0.25, -0.2) is 8.42 Å². The number of amides is 1. The number of ether oxygens (including phenoxy) is 2. The van der Waals surface area contributed by atoms with Gasteiger partial charge in [0.1, 0.15) is 11.5 Å². The molecule has 1 amide bonds. The van der Waals surface area contributed by atoms with Crippen molar-refractivity contribution in [1.82, 2.24) is 9.21 Å². The number of piperazine rings is 1. The maximum atomic E-state index is 12.3. The molecule has 1 fully saturated rings. The van der Waals surface area contributed by atoms with Crippen molar-refractivity contribution in [3.05, 3.63) is 24.3 Å². The monoisotopic (exact) mass is 384 g/mol. The molecule has 0 aromatic heterocycles. The number of nitrogens with zero attached hydrogens (tertiary/aromatic N) is 2. The summed E-state index contributed by atoms with van der Waals surface area (Å²) in [5, 5.41) is 0. The molecule has 0 atom stereocenters. The minimum atomic E-state index is -3.21. The number of hydrogen-bond donors (Lipinski definition) is 0. The lowest BCUT2D eigenvalue weighted by atomic mass is 10.3. The summed E-state index contributed by atoms with van der Waals surface area (Å²) in [5.41, 5.74) is 0. The predicted molar refractivity (Wildman–Crippen MR) is 100.0 cm³/mol. The Morgan fingerprint density at radius 1 is 1.00 bits per heavy atom. The van der Waals surface area contributed by atoms with E-state index in [9.17, 15) is 13.2 Å². The van der Waals surface area contributed by atoms with Crippen molar-refractivity contribution in [1.29, 1.82) is 0 Å². The second-order valence-electron chi connectivity index (χ2n) is 6.14. The Morgan fingerprint density at radius 2 is 1.58 bits per heavy atom. The SMILES string of the molecule is CCCCS(=O)(=O)N1CCN(C(=O)COc2ccc(OCC)cc2)CC1. The van der Waals surface area contributed by atoms with Crippen LogP contribution in [0, 0.1) is 0 Å². The van der Waals surface area contributed by atoms with E-state index in [0.29, 0.717) is 45.0 Å². The minimum absolute atomic E-state index is 0.0590. The van der Waals surface area contributed by atoms with E-state index in [1.54, 1.807) is 29.2 Å². The Kier molecular flexibility index (Phi) is 7.71. The van der Waals surface area contributed by atoms with Crippen LogP contribution in [0.1, 0.15) is 26.7 Å². The van der Waals surface area contributed by atoms with Crippen LogP contribution in [0.4, 0.5) is 0 Å². The minimum Gasteiger partial charge on any atom is -0.494 e. The molecular formula is C18H28N2O5S. The molecule has 0 aliphatic carbocycles. The molecule has 0 spiro atoms. The molecule has 0 unspecified atom stereocenters. The van der Waals surface area contributed by atoms with Crippen molar-refractivity contribution in [3.8, 4) is 11.5 Å². The first-order valence-corrected chi connectivity index (χ1v) is 10.7. The predicted octanol–water partition coefficient (Wildman–Crippen LogP) is 1.74. The highest BCUT2D eigenvalue weighted by atomic mass is 32.2. The van der Waals surface area contributed by atoms with Crippen molar-refractivity contribution >= 4 is 15.9 Å². The van der Waals surface area contributed by atoms with E-state index in [2.05, 4.69) is 0 Å². The lowest BCUT2D eigenvalue weighted by Crippen LogP contribution is -2.52. The zero-order valence-corrected chi connectivity index (χ0v) is 16.3. The normalized spacial score (nSPS) is 15.7. The molecule has 1 aliphatic heterocycles. The second kappa shape index (κ2) is 9.78. The summed E-state index contributed by atoms with van der Waals surface area (Å²) >= 11 is 0. The molecule has 0 saturated carbocycles. The van der Waals surface area contributed by atoms with Gasteiger partial charge < -0.3 is 14.4 Å². The Labute approximate surface area is 155 Å². The number of carbonyl (C=O) groups is 1. The number of unbranched alkanes of at least 4 members (excludes halogenated alkanes) is 1. The number of carbonyl (C=O) groups excluding carboxylic acids is 1. The molecule has 1 aromatic carbocycles. The van der Waals surface area contributed by atoms with Crippen LogP contribution < -0.4 is 9.47 Å². The first-order chi connectivity index (χ1) is 12.5. The van der Waals surface area contributed by atoms with Crippen molar-refractivity contribution < 1.29 is 22.7 Å². The molecule has 0 N–H and O–H groups in total. The standard InChI is InChI=1S/C18H28N2O5S/c1-3-5-14-26(22,23)20-12-10-19(11-13-20)18(21)15-25-17-8-6-16(7-9-17)24-4-2/h6-9H,3-5,10-15H2,1-2H3. The average molecular weight is 384 g/mol. The van der Waals surface area contributed by atoms with Gasteiger partial charge in [0.25, 0.3) is 5.91 Å². The van der Waals surface area contributed by atoms with Gasteiger partial charge in [-0.2, -0.15) is 4.31 Å². The van der Waals surface area contributed by atoms with Crippen molar-refractivity contribution in [2.75, 3.05) is 45.1 Å². The van der Waals surface area contributed by atoms with Gasteiger partial charge in [-0.05, 0) is 37.6 Å². The van der Waals surface area contributed by atoms with Crippen molar-refractivity contribution in [2.45, 2.75) is 26.7 Å². The van der Waals surface area contributed by atoms with Crippen molar-refractivity contribution in [2.24, 2.45) is 0 Å². The zero-order chi connectivity index (χ0) is 19.0. The third-order valence-corrected chi connectivity index (χ3v) is 6.19. The van der Waals surface area contributed by atoms with Crippen LogP contribution in [0.25, 0.3) is 0 Å². The molecule has 2 rings (SSSR count). The quantitative estimate of drug-likeness (QED) is 0.648. The smallest absolute Gasteiger partial charge is 0.260 e. The maximum absolute atomic E-state index is 12.3. The van der Waals surface area contributed by atoms with Gasteiger partial charge >= 0.3 is 0 Å². The summed E-state index contributed by atoms with van der Waals surface area (Å²) in [7, 11) is -3.21. The lowest BCUT2D eigenvalue weighted by Gasteiger charge is -2.34. The summed E-state index contributed by atoms with van der Waals surface area (Å²) in [5.74, 6) is 1.40. The number of sulfonamides is 1. The molecule has 1 saturated heterocycles. The molecule has 8 heteroatoms. The highest BCUT2D eigenvalue weighted by Crippen LogP contribution is 2.18. The van der Waals surface area contributed by atoms with E-state index >= 15 is 0 Å². The molecule has 146 valence electrons. The fourth-order valence-corrected chi connectivity index (χ4v) is 4.34. The first kappa shape index (κ1) is 20.5. The Bertz CT molecular complexity index is 667. The number of benzene rings is 1. The fraction of sp³-hybridized carbons (Fsp3) is 0.611. The van der Waals surface area contributed by atoms with E-state index in [4.69, 9.17) is 9.47 Å². The molecule has 1 aliphatic rings. The third-order valence-electron chi connectivity index (χ3n) is 4.24. The van der Waals surface area contributed by atoms with Crippen LogP contribution in [-0.4, -0.2) is 68.7 Å². The van der Waals surface area contributed by atoms with Crippen LogP contribution in [0.15, 0.2) is 24.3 Å². The molecule has 0 bridgehead atoms. The van der Waals surface area contributed by atoms with E-state index in [1.807, 2.05) is 13.8 Å². The van der Waals surface area contributed by atoms with Crippen LogP contribution in [-0.2, 0) is 14.8 Å². The van der Waals surface area contributed by atoms with Crippen LogP contribution in [0.3, 0.4) is 0 Å². The Morgan fingerprint density at radius 3 is 2.12 bits per heavy atom. The summed E-state index contributed by atoms with van der Waals surface area (Å²) < 4.78 is 36.8. The highest BCUT2D eigenvalue weighted by molar-refractivity contribution is 7.89. The molecule has 7 nitrogen and oxygen atoms in total. The number of hydrogen-bond acceptors (Lipinski definition) is 5. The first-order valence-electron chi connectivity index (χ1n) is 9.07. The summed E-state index contributed by atoms with van der Waals surface area (Å²) in [6, 6.07) is 7.11. The van der Waals surface area contributed by atoms with Crippen LogP contribution in [0.2, 0.25) is 0 Å². The zero-order valence-electron chi connectivity index (χ0n) is 15.5. The van der Waals surface area contributed by atoms with E-state index in [1.165, 1.54) is 4.31 Å². The van der Waals surface area contributed by atoms with E-state index < -0.39 is 10.0 Å². The molecule has 1 aromatic rings. The molecule has 0 radical (unpaired) electrons. The van der Waals surface area contributed by atoms with Gasteiger partial charge in [-0.15, -0.1) is 0 Å². The molecule has 1 heterocycles. The third kappa shape index (κ3) is 5.88. The topological polar surface area (TPSA) is 76.2 Å². The second-order valence-corrected chi connectivity index (χ2v) is 8.23. The molecule has 26 heavy (non-hydrogen) atoms. The van der Waals surface area contributed by atoms with Gasteiger partial charge in [0.05, 0.1) is 12.4 Å². The maximum Gasteiger partial charge on any atom is 0.260 e. The van der Waals surface area contributed by atoms with Crippen molar-refractivity contribution in [3.63, 3.8) is 0 Å². The van der Waals surface area contributed by atoms with Crippen LogP contribution >= 0.6 is 0 Å².